The van der Waals surface area contributed by atoms with Crippen LogP contribution in [0.15, 0.2) is 0 Å². The van der Waals surface area contributed by atoms with E-state index in [1.807, 2.05) is 14.0 Å². The summed E-state index contributed by atoms with van der Waals surface area (Å²) in [6.07, 6.45) is 0.841. The van der Waals surface area contributed by atoms with E-state index in [9.17, 15) is 0 Å². The van der Waals surface area contributed by atoms with Crippen molar-refractivity contribution in [2.75, 3.05) is 17.7 Å². The predicted molar refractivity (Wildman–Crippen MR) is 69.1 cm³/mol. The zero-order chi connectivity index (χ0) is 12.3. The van der Waals surface area contributed by atoms with Crippen molar-refractivity contribution < 1.29 is 0 Å². The zero-order valence-electron chi connectivity index (χ0n) is 11.1. The first-order valence-electron chi connectivity index (χ1n) is 5.71. The highest BCUT2D eigenvalue weighted by atomic mass is 15.1. The predicted octanol–water partition coefficient (Wildman–Crippen LogP) is 2.60. The van der Waals surface area contributed by atoms with Gasteiger partial charge in [0, 0.05) is 24.6 Å². The van der Waals surface area contributed by atoms with E-state index in [2.05, 4.69) is 48.3 Å². The number of nitrogens with zero attached hydrogens (tertiary/aromatic N) is 2. The van der Waals surface area contributed by atoms with E-state index in [-0.39, 0.29) is 5.54 Å². The number of aryl methyl sites for hydroxylation is 1. The number of hydrogen-bond donors (Lipinski definition) is 2. The van der Waals surface area contributed by atoms with Gasteiger partial charge >= 0.3 is 0 Å². The van der Waals surface area contributed by atoms with Gasteiger partial charge < -0.3 is 10.6 Å². The van der Waals surface area contributed by atoms with Crippen LogP contribution in [-0.4, -0.2) is 22.6 Å². The average Bonchev–Trinajstić information content (AvgIpc) is 2.19. The molecule has 90 valence electrons. The molecule has 2 N–H and O–H groups in total. The topological polar surface area (TPSA) is 49.8 Å². The monoisotopic (exact) mass is 222 g/mol. The first-order valence-corrected chi connectivity index (χ1v) is 5.71. The van der Waals surface area contributed by atoms with Crippen molar-refractivity contribution in [3.8, 4) is 0 Å². The third kappa shape index (κ3) is 3.08. The van der Waals surface area contributed by atoms with Crippen molar-refractivity contribution in [2.24, 2.45) is 0 Å². The van der Waals surface area contributed by atoms with E-state index < -0.39 is 0 Å². The molecule has 0 radical (unpaired) electrons. The van der Waals surface area contributed by atoms with Gasteiger partial charge in [-0.1, -0.05) is 6.92 Å². The summed E-state index contributed by atoms with van der Waals surface area (Å²) in [5.41, 5.74) is 1.07. The van der Waals surface area contributed by atoms with Crippen LogP contribution in [0.25, 0.3) is 0 Å². The minimum absolute atomic E-state index is 0.00906. The van der Waals surface area contributed by atoms with Gasteiger partial charge in [-0.25, -0.2) is 9.97 Å². The molecule has 0 bridgehead atoms. The highest BCUT2D eigenvalue weighted by Crippen LogP contribution is 2.22. The molecule has 4 heteroatoms. The zero-order valence-corrected chi connectivity index (χ0v) is 11.1. The lowest BCUT2D eigenvalue weighted by atomic mass is 10.1. The summed E-state index contributed by atoms with van der Waals surface area (Å²) >= 11 is 0. The second-order valence-corrected chi connectivity index (χ2v) is 4.94. The smallest absolute Gasteiger partial charge is 0.135 e. The van der Waals surface area contributed by atoms with Gasteiger partial charge in [0.1, 0.15) is 17.5 Å². The van der Waals surface area contributed by atoms with Crippen LogP contribution < -0.4 is 10.6 Å². The standard InChI is InChI=1S/C12H22N4/c1-7-9-14-10(13-6)8(2)11(15-9)16-12(3,4)5/h7H2,1-6H3,(H2,13,14,15,16). The third-order valence-electron chi connectivity index (χ3n) is 2.24. The highest BCUT2D eigenvalue weighted by Gasteiger charge is 2.15. The van der Waals surface area contributed by atoms with Crippen LogP contribution in [-0.2, 0) is 6.42 Å². The lowest BCUT2D eigenvalue weighted by Crippen LogP contribution is -2.27. The van der Waals surface area contributed by atoms with Crippen LogP contribution in [0.2, 0.25) is 0 Å². The minimum Gasteiger partial charge on any atom is -0.373 e. The molecule has 0 saturated carbocycles. The molecule has 0 spiro atoms. The summed E-state index contributed by atoms with van der Waals surface area (Å²) in [5, 5.41) is 6.51. The van der Waals surface area contributed by atoms with Gasteiger partial charge in [-0.2, -0.15) is 0 Å². The Hall–Kier alpha value is -1.32. The molecule has 0 atom stereocenters. The van der Waals surface area contributed by atoms with Crippen LogP contribution in [0.1, 0.15) is 39.1 Å². The molecular formula is C12H22N4. The van der Waals surface area contributed by atoms with Crippen molar-refractivity contribution in [3.05, 3.63) is 11.4 Å². The van der Waals surface area contributed by atoms with Gasteiger partial charge in [0.05, 0.1) is 0 Å². The van der Waals surface area contributed by atoms with Crippen LogP contribution in [0.4, 0.5) is 11.6 Å². The first kappa shape index (κ1) is 12.7. The maximum absolute atomic E-state index is 4.52. The van der Waals surface area contributed by atoms with Crippen molar-refractivity contribution in [2.45, 2.75) is 46.6 Å². The SMILES string of the molecule is CCc1nc(NC)c(C)c(NC(C)(C)C)n1. The highest BCUT2D eigenvalue weighted by molar-refractivity contribution is 5.57. The summed E-state index contributed by atoms with van der Waals surface area (Å²) in [4.78, 5) is 8.96. The number of aromatic nitrogens is 2. The van der Waals surface area contributed by atoms with Crippen LogP contribution in [0.5, 0.6) is 0 Å². The fourth-order valence-electron chi connectivity index (χ4n) is 1.44. The lowest BCUT2D eigenvalue weighted by molar-refractivity contribution is 0.628. The fraction of sp³-hybridized carbons (Fsp3) is 0.667. The Labute approximate surface area is 97.9 Å². The van der Waals surface area contributed by atoms with Gasteiger partial charge in [0.25, 0.3) is 0 Å². The van der Waals surface area contributed by atoms with Crippen LogP contribution >= 0.6 is 0 Å². The average molecular weight is 222 g/mol. The molecule has 0 amide bonds. The van der Waals surface area contributed by atoms with Gasteiger partial charge in [0.2, 0.25) is 0 Å². The summed E-state index contributed by atoms with van der Waals surface area (Å²) < 4.78 is 0. The largest absolute Gasteiger partial charge is 0.373 e. The Bertz CT molecular complexity index is 366. The summed E-state index contributed by atoms with van der Waals surface area (Å²) in [6, 6.07) is 0. The number of rotatable bonds is 3. The molecule has 1 aromatic rings. The summed E-state index contributed by atoms with van der Waals surface area (Å²) in [7, 11) is 1.88. The third-order valence-corrected chi connectivity index (χ3v) is 2.24. The summed E-state index contributed by atoms with van der Waals surface area (Å²) in [5.74, 6) is 2.68. The molecule has 1 aromatic heterocycles. The van der Waals surface area contributed by atoms with Crippen LogP contribution in [0, 0.1) is 6.92 Å². The molecule has 0 aliphatic rings. The Morgan fingerprint density at radius 2 is 1.69 bits per heavy atom. The Balaban J connectivity index is 3.16. The molecule has 4 nitrogen and oxygen atoms in total. The van der Waals surface area contributed by atoms with E-state index in [0.29, 0.717) is 0 Å². The normalized spacial score (nSPS) is 11.4. The number of anilines is 2. The molecule has 0 unspecified atom stereocenters. The van der Waals surface area contributed by atoms with Gasteiger partial charge in [-0.3, -0.25) is 0 Å². The molecule has 0 fully saturated rings. The van der Waals surface area contributed by atoms with Crippen molar-refractivity contribution >= 4 is 11.6 Å². The Kier molecular flexibility index (Phi) is 3.73. The van der Waals surface area contributed by atoms with Crippen molar-refractivity contribution in [1.82, 2.24) is 9.97 Å². The maximum atomic E-state index is 4.52. The van der Waals surface area contributed by atoms with E-state index in [4.69, 9.17) is 0 Å². The van der Waals surface area contributed by atoms with Gasteiger partial charge in [-0.05, 0) is 27.7 Å². The van der Waals surface area contributed by atoms with Crippen molar-refractivity contribution in [3.63, 3.8) is 0 Å². The Morgan fingerprint density at radius 3 is 2.12 bits per heavy atom. The van der Waals surface area contributed by atoms with Crippen molar-refractivity contribution in [1.29, 1.82) is 0 Å². The molecule has 0 aromatic carbocycles. The van der Waals surface area contributed by atoms with E-state index in [0.717, 1.165) is 29.4 Å². The van der Waals surface area contributed by atoms with E-state index in [1.165, 1.54) is 0 Å². The molecule has 1 heterocycles. The summed E-state index contributed by atoms with van der Waals surface area (Å²) in [6.45, 7) is 10.5. The molecule has 1 rings (SSSR count). The molecule has 16 heavy (non-hydrogen) atoms. The lowest BCUT2D eigenvalue weighted by Gasteiger charge is -2.23. The quantitative estimate of drug-likeness (QED) is 0.825. The molecular weight excluding hydrogens is 200 g/mol. The molecule has 0 saturated heterocycles. The second kappa shape index (κ2) is 4.68. The van der Waals surface area contributed by atoms with E-state index in [1.54, 1.807) is 0 Å². The Morgan fingerprint density at radius 1 is 1.12 bits per heavy atom. The fourth-order valence-corrected chi connectivity index (χ4v) is 1.44. The maximum Gasteiger partial charge on any atom is 0.135 e. The molecule has 0 aliphatic heterocycles. The van der Waals surface area contributed by atoms with Crippen LogP contribution in [0.3, 0.4) is 0 Å². The van der Waals surface area contributed by atoms with Gasteiger partial charge in [-0.15, -0.1) is 0 Å². The second-order valence-electron chi connectivity index (χ2n) is 4.94. The van der Waals surface area contributed by atoms with E-state index >= 15 is 0 Å². The first-order chi connectivity index (χ1) is 7.37. The minimum atomic E-state index is 0.00906. The number of hydrogen-bond acceptors (Lipinski definition) is 4. The van der Waals surface area contributed by atoms with Gasteiger partial charge in [0.15, 0.2) is 0 Å². The molecule has 0 aliphatic carbocycles. The number of nitrogens with one attached hydrogen (secondary N) is 2.